The zero-order chi connectivity index (χ0) is 15.5. The first-order valence-electron chi connectivity index (χ1n) is 6.25. The van der Waals surface area contributed by atoms with Crippen LogP contribution in [0.4, 0.5) is 13.2 Å². The topological polar surface area (TPSA) is 35.2 Å². The quantitative estimate of drug-likeness (QED) is 0.907. The van der Waals surface area contributed by atoms with Crippen LogP contribution < -0.4 is 10.5 Å². The summed E-state index contributed by atoms with van der Waals surface area (Å²) in [4.78, 5) is 0. The van der Waals surface area contributed by atoms with E-state index in [0.29, 0.717) is 34.7 Å². The molecule has 0 aliphatic rings. The van der Waals surface area contributed by atoms with Gasteiger partial charge in [-0.2, -0.15) is 0 Å². The van der Waals surface area contributed by atoms with Crippen LogP contribution in [-0.4, -0.2) is 12.9 Å². The molecule has 2 nitrogen and oxygen atoms in total. The van der Waals surface area contributed by atoms with Crippen LogP contribution in [0.2, 0.25) is 5.02 Å². The van der Waals surface area contributed by atoms with E-state index in [4.69, 9.17) is 17.3 Å². The summed E-state index contributed by atoms with van der Waals surface area (Å²) in [5.41, 5.74) is 7.18. The Morgan fingerprint density at radius 3 is 2.33 bits per heavy atom. The Bertz CT molecular complexity index is 629. The summed E-state index contributed by atoms with van der Waals surface area (Å²) >= 11 is 6.12. The molecule has 0 aliphatic carbocycles. The van der Waals surface area contributed by atoms with E-state index < -0.39 is 6.36 Å². The lowest BCUT2D eigenvalue weighted by Crippen LogP contribution is -2.17. The lowest BCUT2D eigenvalue weighted by atomic mass is 9.97. The molecule has 0 aliphatic heterocycles. The molecule has 112 valence electrons. The molecule has 0 unspecified atom stereocenters. The number of halogens is 4. The largest absolute Gasteiger partial charge is 0.573 e. The maximum Gasteiger partial charge on any atom is 0.573 e. The molecule has 0 heterocycles. The van der Waals surface area contributed by atoms with Crippen molar-refractivity contribution in [3.8, 4) is 16.9 Å². The molecule has 0 spiro atoms. The molecule has 0 bridgehead atoms. The van der Waals surface area contributed by atoms with E-state index in [2.05, 4.69) is 4.74 Å². The summed E-state index contributed by atoms with van der Waals surface area (Å²) in [6, 6.07) is 11.0. The fourth-order valence-corrected chi connectivity index (χ4v) is 2.38. The summed E-state index contributed by atoms with van der Waals surface area (Å²) < 4.78 is 41.6. The molecule has 0 radical (unpaired) electrons. The fourth-order valence-electron chi connectivity index (χ4n) is 2.11. The first kappa shape index (κ1) is 15.7. The highest BCUT2D eigenvalue weighted by molar-refractivity contribution is 6.31. The van der Waals surface area contributed by atoms with Crippen LogP contribution in [0.1, 0.15) is 5.56 Å². The minimum atomic E-state index is -4.75. The molecular formula is C15H13ClF3NO. The number of nitrogens with two attached hydrogens (primary N) is 1. The van der Waals surface area contributed by atoms with Crippen molar-refractivity contribution in [2.24, 2.45) is 5.73 Å². The van der Waals surface area contributed by atoms with Crippen LogP contribution in [0.25, 0.3) is 11.1 Å². The summed E-state index contributed by atoms with van der Waals surface area (Å²) in [7, 11) is 0. The van der Waals surface area contributed by atoms with Crippen molar-refractivity contribution in [3.05, 3.63) is 53.1 Å². The van der Waals surface area contributed by atoms with Crippen LogP contribution in [0.15, 0.2) is 42.5 Å². The van der Waals surface area contributed by atoms with Gasteiger partial charge in [0.2, 0.25) is 0 Å². The highest BCUT2D eigenvalue weighted by Gasteiger charge is 2.32. The van der Waals surface area contributed by atoms with Crippen molar-refractivity contribution in [1.29, 1.82) is 0 Å². The van der Waals surface area contributed by atoms with E-state index in [0.717, 1.165) is 0 Å². The van der Waals surface area contributed by atoms with Crippen molar-refractivity contribution in [2.45, 2.75) is 12.8 Å². The number of hydrogen-bond donors (Lipinski definition) is 1. The third-order valence-electron chi connectivity index (χ3n) is 2.92. The number of alkyl halides is 3. The van der Waals surface area contributed by atoms with Gasteiger partial charge in [-0.3, -0.25) is 0 Å². The van der Waals surface area contributed by atoms with Crippen molar-refractivity contribution in [3.63, 3.8) is 0 Å². The van der Waals surface area contributed by atoms with Gasteiger partial charge >= 0.3 is 6.36 Å². The molecule has 0 atom stereocenters. The lowest BCUT2D eigenvalue weighted by Gasteiger charge is -2.16. The van der Waals surface area contributed by atoms with Gasteiger partial charge in [0.05, 0.1) is 0 Å². The average Bonchev–Trinajstić information content (AvgIpc) is 2.40. The highest BCUT2D eigenvalue weighted by Crippen LogP contribution is 2.37. The van der Waals surface area contributed by atoms with Crippen LogP contribution in [0.5, 0.6) is 5.75 Å². The van der Waals surface area contributed by atoms with Gasteiger partial charge < -0.3 is 10.5 Å². The average molecular weight is 316 g/mol. The van der Waals surface area contributed by atoms with Gasteiger partial charge in [0.25, 0.3) is 0 Å². The lowest BCUT2D eigenvalue weighted by molar-refractivity contribution is -0.274. The normalized spacial score (nSPS) is 11.5. The Balaban J connectivity index is 2.55. The van der Waals surface area contributed by atoms with Crippen LogP contribution in [-0.2, 0) is 6.42 Å². The third kappa shape index (κ3) is 3.89. The first-order chi connectivity index (χ1) is 9.92. The summed E-state index contributed by atoms with van der Waals surface area (Å²) in [6.45, 7) is 0.346. The minimum absolute atomic E-state index is 0.259. The summed E-state index contributed by atoms with van der Waals surface area (Å²) in [5.74, 6) is -0.259. The van der Waals surface area contributed by atoms with Gasteiger partial charge in [0, 0.05) is 10.6 Å². The van der Waals surface area contributed by atoms with Crippen molar-refractivity contribution in [1.82, 2.24) is 0 Å². The molecule has 0 aromatic heterocycles. The maximum absolute atomic E-state index is 12.5. The summed E-state index contributed by atoms with van der Waals surface area (Å²) in [5, 5.41) is 0.472. The molecular weight excluding hydrogens is 303 g/mol. The zero-order valence-electron chi connectivity index (χ0n) is 11.0. The standard InChI is InChI=1S/C15H13ClF3NO/c16-13-6-3-5-10(11(13)8-9-20)12-4-1-2-7-14(12)21-15(17,18)19/h1-7H,8-9,20H2. The molecule has 2 rings (SSSR count). The maximum atomic E-state index is 12.5. The van der Waals surface area contributed by atoms with Gasteiger partial charge in [-0.15, -0.1) is 13.2 Å². The Labute approximate surface area is 125 Å². The smallest absolute Gasteiger partial charge is 0.405 e. The Hall–Kier alpha value is -1.72. The van der Waals surface area contributed by atoms with Gasteiger partial charge in [-0.25, -0.2) is 0 Å². The van der Waals surface area contributed by atoms with Gasteiger partial charge in [0.1, 0.15) is 5.75 Å². The number of benzene rings is 2. The molecule has 2 aromatic rings. The summed E-state index contributed by atoms with van der Waals surface area (Å²) in [6.07, 6.45) is -4.28. The van der Waals surface area contributed by atoms with Gasteiger partial charge in [-0.05, 0) is 36.2 Å². The number of para-hydroxylation sites is 1. The molecule has 0 amide bonds. The fraction of sp³-hybridized carbons (Fsp3) is 0.200. The third-order valence-corrected chi connectivity index (χ3v) is 3.27. The SMILES string of the molecule is NCCc1c(Cl)cccc1-c1ccccc1OC(F)(F)F. The minimum Gasteiger partial charge on any atom is -0.405 e. The second-order valence-corrected chi connectivity index (χ2v) is 4.76. The van der Waals surface area contributed by atoms with Crippen molar-refractivity contribution in [2.75, 3.05) is 6.54 Å². The Kier molecular flexibility index (Phi) is 4.75. The van der Waals surface area contributed by atoms with Crippen LogP contribution >= 0.6 is 11.6 Å². The molecule has 0 fully saturated rings. The van der Waals surface area contributed by atoms with Crippen LogP contribution in [0, 0.1) is 0 Å². The molecule has 2 aromatic carbocycles. The number of rotatable bonds is 4. The van der Waals surface area contributed by atoms with E-state index in [1.54, 1.807) is 30.3 Å². The molecule has 2 N–H and O–H groups in total. The number of ether oxygens (including phenoxy) is 1. The number of hydrogen-bond acceptors (Lipinski definition) is 2. The molecule has 6 heteroatoms. The first-order valence-corrected chi connectivity index (χ1v) is 6.63. The van der Waals surface area contributed by atoms with E-state index in [1.807, 2.05) is 0 Å². The Morgan fingerprint density at radius 2 is 1.67 bits per heavy atom. The van der Waals surface area contributed by atoms with E-state index in [9.17, 15) is 13.2 Å². The molecule has 0 saturated carbocycles. The predicted octanol–water partition coefficient (Wildman–Crippen LogP) is 4.41. The second kappa shape index (κ2) is 6.37. The van der Waals surface area contributed by atoms with Gasteiger partial charge in [-0.1, -0.05) is 41.9 Å². The molecule has 21 heavy (non-hydrogen) atoms. The second-order valence-electron chi connectivity index (χ2n) is 4.35. The van der Waals surface area contributed by atoms with E-state index in [1.165, 1.54) is 12.1 Å². The van der Waals surface area contributed by atoms with Crippen molar-refractivity contribution >= 4 is 11.6 Å². The zero-order valence-corrected chi connectivity index (χ0v) is 11.7. The van der Waals surface area contributed by atoms with Gasteiger partial charge in [0.15, 0.2) is 0 Å². The van der Waals surface area contributed by atoms with Crippen LogP contribution in [0.3, 0.4) is 0 Å². The van der Waals surface area contributed by atoms with E-state index in [-0.39, 0.29) is 5.75 Å². The highest BCUT2D eigenvalue weighted by atomic mass is 35.5. The van der Waals surface area contributed by atoms with E-state index >= 15 is 0 Å². The predicted molar refractivity (Wildman–Crippen MR) is 76.3 cm³/mol. The van der Waals surface area contributed by atoms with Crippen molar-refractivity contribution < 1.29 is 17.9 Å². The monoisotopic (exact) mass is 315 g/mol. The molecule has 0 saturated heterocycles. The Morgan fingerprint density at radius 1 is 1.00 bits per heavy atom.